The molecule has 0 aromatic carbocycles. The molecule has 1 N–H and O–H groups in total. The van der Waals surface area contributed by atoms with Gasteiger partial charge in [0.2, 0.25) is 0 Å². The number of carbonyl (C=O) groups excluding carboxylic acids is 2. The van der Waals surface area contributed by atoms with Crippen LogP contribution in [0, 0.1) is 0 Å². The van der Waals surface area contributed by atoms with Gasteiger partial charge in [-0.05, 0) is 51.4 Å². The van der Waals surface area contributed by atoms with Crippen LogP contribution in [0.3, 0.4) is 0 Å². The van der Waals surface area contributed by atoms with Crippen LogP contribution >= 0.6 is 0 Å². The SMILES string of the molecule is CC/C=C\C/C=C\C/C=C\C/C=C\C/C=C\C/C=C\CCC(=O)OC(COC(=O)CCCCCCCCCCCCCCCCCCCCCCCCCCCCCCCCCCCC)COC(OCC[N+](C)(C)C)C(=O)O. The molecule has 452 valence electrons. The summed E-state index contributed by atoms with van der Waals surface area (Å²) in [5.41, 5.74) is 0. The lowest BCUT2D eigenvalue weighted by Gasteiger charge is -2.25. The van der Waals surface area contributed by atoms with Crippen LogP contribution in [0.2, 0.25) is 0 Å². The molecular formula is C69H124NO8+. The Labute approximate surface area is 481 Å². The van der Waals surface area contributed by atoms with E-state index in [1.807, 2.05) is 33.3 Å². The predicted octanol–water partition coefficient (Wildman–Crippen LogP) is 19.7. The van der Waals surface area contributed by atoms with E-state index >= 15 is 0 Å². The molecule has 2 atom stereocenters. The quantitative estimate of drug-likeness (QED) is 0.0211. The van der Waals surface area contributed by atoms with Crippen molar-refractivity contribution < 1.29 is 42.9 Å². The molecular weight excluding hydrogens is 971 g/mol. The van der Waals surface area contributed by atoms with E-state index in [0.717, 1.165) is 57.8 Å². The van der Waals surface area contributed by atoms with Gasteiger partial charge in [0, 0.05) is 12.8 Å². The zero-order valence-corrected chi connectivity index (χ0v) is 51.6. The number of hydrogen-bond donors (Lipinski definition) is 1. The first-order valence-corrected chi connectivity index (χ1v) is 32.6. The summed E-state index contributed by atoms with van der Waals surface area (Å²) in [5, 5.41) is 9.71. The Morgan fingerprint density at radius 3 is 1.06 bits per heavy atom. The molecule has 78 heavy (non-hydrogen) atoms. The number of hydrogen-bond acceptors (Lipinski definition) is 7. The van der Waals surface area contributed by atoms with Gasteiger partial charge in [-0.2, -0.15) is 0 Å². The van der Waals surface area contributed by atoms with Crippen molar-refractivity contribution >= 4 is 17.9 Å². The normalized spacial score (nSPS) is 13.2. The third kappa shape index (κ3) is 60.4. The molecule has 0 bridgehead atoms. The second-order valence-corrected chi connectivity index (χ2v) is 23.1. The highest BCUT2D eigenvalue weighted by Crippen LogP contribution is 2.18. The minimum Gasteiger partial charge on any atom is -0.477 e. The molecule has 0 fully saturated rings. The van der Waals surface area contributed by atoms with Gasteiger partial charge in [-0.15, -0.1) is 0 Å². The van der Waals surface area contributed by atoms with Gasteiger partial charge in [0.05, 0.1) is 34.4 Å². The van der Waals surface area contributed by atoms with E-state index < -0.39 is 24.3 Å². The highest BCUT2D eigenvalue weighted by Gasteiger charge is 2.25. The predicted molar refractivity (Wildman–Crippen MR) is 332 cm³/mol. The number of quaternary nitrogens is 1. The van der Waals surface area contributed by atoms with Crippen molar-refractivity contribution in [2.45, 2.75) is 302 Å². The van der Waals surface area contributed by atoms with Gasteiger partial charge >= 0.3 is 17.9 Å². The number of rotatable bonds is 60. The van der Waals surface area contributed by atoms with E-state index in [-0.39, 0.29) is 38.6 Å². The molecule has 9 heteroatoms. The summed E-state index contributed by atoms with van der Waals surface area (Å²) < 4.78 is 22.8. The van der Waals surface area contributed by atoms with Crippen molar-refractivity contribution in [2.75, 3.05) is 47.5 Å². The third-order valence-electron chi connectivity index (χ3n) is 14.2. The second kappa shape index (κ2) is 59.8. The first-order chi connectivity index (χ1) is 38.1. The molecule has 0 aromatic heterocycles. The smallest absolute Gasteiger partial charge is 0.361 e. The number of likely N-dealkylation sites (N-methyl/N-ethyl adjacent to an activating group) is 1. The minimum absolute atomic E-state index is 0.134. The van der Waals surface area contributed by atoms with Crippen LogP contribution in [-0.2, 0) is 33.3 Å². The Hall–Kier alpha value is -3.27. The van der Waals surface area contributed by atoms with Gasteiger partial charge in [-0.25, -0.2) is 4.79 Å². The van der Waals surface area contributed by atoms with E-state index in [1.54, 1.807) is 0 Å². The maximum Gasteiger partial charge on any atom is 0.361 e. The Balaban J connectivity index is 4.10. The Morgan fingerprint density at radius 1 is 0.397 bits per heavy atom. The molecule has 0 saturated carbocycles. The first-order valence-electron chi connectivity index (χ1n) is 32.6. The van der Waals surface area contributed by atoms with E-state index in [1.165, 1.54) is 199 Å². The number of aliphatic carboxylic acids is 1. The fourth-order valence-electron chi connectivity index (χ4n) is 9.28. The zero-order chi connectivity index (χ0) is 56.9. The number of allylic oxidation sites excluding steroid dienone is 12. The van der Waals surface area contributed by atoms with Crippen LogP contribution in [0.15, 0.2) is 72.9 Å². The lowest BCUT2D eigenvalue weighted by Crippen LogP contribution is -2.40. The van der Waals surface area contributed by atoms with Crippen LogP contribution in [-0.4, -0.2) is 87.4 Å². The summed E-state index contributed by atoms with van der Waals surface area (Å²) in [5.74, 6) is -2.11. The molecule has 0 aromatic rings. The van der Waals surface area contributed by atoms with Gasteiger partial charge in [-0.1, -0.05) is 299 Å². The number of ether oxygens (including phenoxy) is 4. The van der Waals surface area contributed by atoms with Crippen LogP contribution in [0.4, 0.5) is 0 Å². The highest BCUT2D eigenvalue weighted by molar-refractivity contribution is 5.71. The van der Waals surface area contributed by atoms with Gasteiger partial charge in [-0.3, -0.25) is 9.59 Å². The van der Waals surface area contributed by atoms with Gasteiger partial charge in [0.1, 0.15) is 13.2 Å². The molecule has 0 aliphatic carbocycles. The molecule has 0 rings (SSSR count). The summed E-state index contributed by atoms with van der Waals surface area (Å²) >= 11 is 0. The van der Waals surface area contributed by atoms with Crippen LogP contribution in [0.1, 0.15) is 290 Å². The Morgan fingerprint density at radius 2 is 0.731 bits per heavy atom. The largest absolute Gasteiger partial charge is 0.477 e. The molecule has 9 nitrogen and oxygen atoms in total. The monoisotopic (exact) mass is 1090 g/mol. The van der Waals surface area contributed by atoms with Gasteiger partial charge < -0.3 is 28.5 Å². The molecule has 0 heterocycles. The summed E-state index contributed by atoms with van der Waals surface area (Å²) in [4.78, 5) is 37.4. The van der Waals surface area contributed by atoms with Crippen molar-refractivity contribution in [3.8, 4) is 0 Å². The lowest BCUT2D eigenvalue weighted by molar-refractivity contribution is -0.870. The summed E-state index contributed by atoms with van der Waals surface area (Å²) in [7, 11) is 5.95. The van der Waals surface area contributed by atoms with Crippen molar-refractivity contribution in [2.24, 2.45) is 0 Å². The van der Waals surface area contributed by atoms with Gasteiger partial charge in [0.15, 0.2) is 6.10 Å². The Kier molecular flexibility index (Phi) is 57.3. The van der Waals surface area contributed by atoms with Crippen molar-refractivity contribution in [1.82, 2.24) is 0 Å². The topological polar surface area (TPSA) is 108 Å². The number of carboxylic acid groups (broad SMARTS) is 1. The lowest BCUT2D eigenvalue weighted by atomic mass is 10.0. The second-order valence-electron chi connectivity index (χ2n) is 23.1. The molecule has 0 aliphatic rings. The van der Waals surface area contributed by atoms with E-state index in [9.17, 15) is 19.5 Å². The number of esters is 2. The maximum absolute atomic E-state index is 12.8. The number of carboxylic acids is 1. The molecule has 0 radical (unpaired) electrons. The van der Waals surface area contributed by atoms with Crippen molar-refractivity contribution in [3.05, 3.63) is 72.9 Å². The third-order valence-corrected chi connectivity index (χ3v) is 14.2. The Bertz CT molecular complexity index is 1510. The first kappa shape index (κ1) is 74.7. The van der Waals surface area contributed by atoms with Gasteiger partial charge in [0.25, 0.3) is 6.29 Å². The van der Waals surface area contributed by atoms with Crippen LogP contribution in [0.5, 0.6) is 0 Å². The standard InChI is InChI=1S/C69H123NO8/c1-6-8-10-12-14-16-18-20-22-24-26-27-28-29-30-31-32-33-34-35-36-37-38-39-40-42-43-45-47-49-51-53-55-57-59-66(71)76-63-65(64-77-69(68(73)74)75-62-61-70(3,4)5)78-67(72)60-58-56-54-52-50-48-46-44-41-25-23-21-19-17-15-13-11-9-7-2/h9,11,15,17,21,23,41,44,48,50,54,56,65,69H,6-8,10,12-14,16,18-20,22,24-40,42-43,45-47,49,51-53,55,57-64H2,1-5H3/p+1/b11-9-,17-15-,23-21-,44-41-,50-48-,56-54-. The average Bonchev–Trinajstić information content (AvgIpc) is 3.41. The summed E-state index contributed by atoms with van der Waals surface area (Å²) in [6.45, 7) is 4.71. The molecule has 0 saturated heterocycles. The number of nitrogens with zero attached hydrogens (tertiary/aromatic N) is 1. The fourth-order valence-corrected chi connectivity index (χ4v) is 9.28. The highest BCUT2D eigenvalue weighted by atomic mass is 16.7. The van der Waals surface area contributed by atoms with Crippen LogP contribution in [0.25, 0.3) is 0 Å². The van der Waals surface area contributed by atoms with E-state index in [2.05, 4.69) is 74.6 Å². The van der Waals surface area contributed by atoms with E-state index in [4.69, 9.17) is 18.9 Å². The zero-order valence-electron chi connectivity index (χ0n) is 51.6. The summed E-state index contributed by atoms with van der Waals surface area (Å²) in [6.07, 6.45) is 76.2. The number of carbonyl (C=O) groups is 3. The maximum atomic E-state index is 12.8. The molecule has 2 unspecified atom stereocenters. The molecule has 0 spiro atoms. The fraction of sp³-hybridized carbons (Fsp3) is 0.783. The van der Waals surface area contributed by atoms with Crippen molar-refractivity contribution in [1.29, 1.82) is 0 Å². The molecule has 0 aliphatic heterocycles. The average molecular weight is 1100 g/mol. The van der Waals surface area contributed by atoms with Crippen LogP contribution < -0.4 is 0 Å². The minimum atomic E-state index is -1.53. The number of unbranched alkanes of at least 4 members (excludes halogenated alkanes) is 33. The molecule has 0 amide bonds. The van der Waals surface area contributed by atoms with Crippen molar-refractivity contribution in [3.63, 3.8) is 0 Å². The van der Waals surface area contributed by atoms with E-state index in [0.29, 0.717) is 17.4 Å². The summed E-state index contributed by atoms with van der Waals surface area (Å²) in [6, 6.07) is 0.